The maximum atomic E-state index is 13.9. The summed E-state index contributed by atoms with van der Waals surface area (Å²) in [6, 6.07) is 13.8. The van der Waals surface area contributed by atoms with E-state index in [9.17, 15) is 9.59 Å². The Labute approximate surface area is 261 Å². The van der Waals surface area contributed by atoms with Crippen molar-refractivity contribution < 1.29 is 9.59 Å². The highest BCUT2D eigenvalue weighted by atomic mass is 35.5. The van der Waals surface area contributed by atoms with E-state index < -0.39 is 12.1 Å². The van der Waals surface area contributed by atoms with Crippen LogP contribution in [0.15, 0.2) is 48.5 Å². The molecule has 0 radical (unpaired) electrons. The van der Waals surface area contributed by atoms with Crippen LogP contribution in [0.25, 0.3) is 0 Å². The summed E-state index contributed by atoms with van der Waals surface area (Å²) >= 11 is 12.2. The number of nitrogens with two attached hydrogens (primary N) is 1. The Morgan fingerprint density at radius 1 is 0.976 bits per heavy atom. The molecule has 2 aliphatic heterocycles. The van der Waals surface area contributed by atoms with Gasteiger partial charge in [-0.1, -0.05) is 61.3 Å². The molecule has 4 rings (SSSR count). The molecule has 0 spiro atoms. The van der Waals surface area contributed by atoms with Crippen LogP contribution in [-0.2, 0) is 16.0 Å². The van der Waals surface area contributed by atoms with Gasteiger partial charge in [0.05, 0.1) is 0 Å². The standard InChI is InChI=1S/C32H46Cl2N6O2/c1-23(2)22-40(39-17-15-37(3)16-18-39)28-11-13-38(14-12-28)32(42)30(19-24-7-9-26(33)10-8-24)36-31(41)21-29(35)25-5-4-6-27(34)20-25/h4-10,20,23,28-30H,11-19,21-22,35H2,1-3H3,(H,36,41)/t29?,30-/m1/s1. The van der Waals surface area contributed by atoms with Gasteiger partial charge in [0.15, 0.2) is 0 Å². The zero-order valence-corrected chi connectivity index (χ0v) is 26.7. The number of piperidine rings is 1. The first-order valence-corrected chi connectivity index (χ1v) is 15.9. The zero-order valence-electron chi connectivity index (χ0n) is 25.1. The number of piperazine rings is 1. The number of likely N-dealkylation sites (N-methyl/N-ethyl adjacent to an activating group) is 1. The number of hydrogen-bond donors (Lipinski definition) is 2. The van der Waals surface area contributed by atoms with E-state index in [1.54, 1.807) is 12.1 Å². The minimum atomic E-state index is -0.689. The van der Waals surface area contributed by atoms with Gasteiger partial charge in [0, 0.05) is 80.8 Å². The van der Waals surface area contributed by atoms with Gasteiger partial charge in [0.1, 0.15) is 6.04 Å². The number of hydrazine groups is 1. The van der Waals surface area contributed by atoms with Crippen LogP contribution in [0.3, 0.4) is 0 Å². The molecule has 1 unspecified atom stereocenters. The maximum Gasteiger partial charge on any atom is 0.245 e. The van der Waals surface area contributed by atoms with Crippen LogP contribution in [-0.4, -0.2) is 96.6 Å². The number of carbonyl (C=O) groups is 2. The number of amides is 2. The molecule has 42 heavy (non-hydrogen) atoms. The number of carbonyl (C=O) groups excluding carboxylic acids is 2. The van der Waals surface area contributed by atoms with Gasteiger partial charge in [-0.25, -0.2) is 10.0 Å². The second-order valence-electron chi connectivity index (χ2n) is 12.1. The summed E-state index contributed by atoms with van der Waals surface area (Å²) < 4.78 is 0. The molecule has 2 atom stereocenters. The van der Waals surface area contributed by atoms with Crippen molar-refractivity contribution in [2.45, 2.75) is 57.7 Å². The van der Waals surface area contributed by atoms with Crippen LogP contribution in [0.4, 0.5) is 0 Å². The first-order chi connectivity index (χ1) is 20.1. The number of likely N-dealkylation sites (tertiary alicyclic amines) is 1. The number of nitrogens with zero attached hydrogens (tertiary/aromatic N) is 4. The van der Waals surface area contributed by atoms with Gasteiger partial charge in [-0.05, 0) is 61.2 Å². The van der Waals surface area contributed by atoms with E-state index in [1.165, 1.54) is 0 Å². The van der Waals surface area contributed by atoms with Crippen LogP contribution < -0.4 is 11.1 Å². The van der Waals surface area contributed by atoms with Gasteiger partial charge < -0.3 is 20.9 Å². The summed E-state index contributed by atoms with van der Waals surface area (Å²) in [5.41, 5.74) is 8.05. The molecule has 2 heterocycles. The van der Waals surface area contributed by atoms with Gasteiger partial charge >= 0.3 is 0 Å². The van der Waals surface area contributed by atoms with Crippen LogP contribution in [0.2, 0.25) is 10.0 Å². The molecule has 2 aromatic rings. The van der Waals surface area contributed by atoms with Crippen LogP contribution in [0, 0.1) is 5.92 Å². The number of nitrogens with one attached hydrogen (secondary N) is 1. The van der Waals surface area contributed by atoms with Crippen LogP contribution in [0.1, 0.15) is 50.3 Å². The normalized spacial score (nSPS) is 18.8. The average molecular weight is 618 g/mol. The third-order valence-electron chi connectivity index (χ3n) is 8.26. The third kappa shape index (κ3) is 9.40. The molecule has 3 N–H and O–H groups in total. The molecule has 0 bridgehead atoms. The lowest BCUT2D eigenvalue weighted by Gasteiger charge is -2.47. The third-order valence-corrected chi connectivity index (χ3v) is 8.75. The van der Waals surface area contributed by atoms with E-state index in [2.05, 4.69) is 41.1 Å². The molecule has 0 aliphatic carbocycles. The maximum absolute atomic E-state index is 13.9. The number of benzene rings is 2. The van der Waals surface area contributed by atoms with Gasteiger partial charge in [0.2, 0.25) is 11.8 Å². The molecule has 0 saturated carbocycles. The topological polar surface area (TPSA) is 85.1 Å². The van der Waals surface area contributed by atoms with Crippen molar-refractivity contribution in [3.63, 3.8) is 0 Å². The predicted octanol–water partition coefficient (Wildman–Crippen LogP) is 4.22. The van der Waals surface area contributed by atoms with Crippen molar-refractivity contribution in [3.8, 4) is 0 Å². The van der Waals surface area contributed by atoms with Gasteiger partial charge in [0.25, 0.3) is 0 Å². The highest BCUT2D eigenvalue weighted by Crippen LogP contribution is 2.23. The van der Waals surface area contributed by atoms with Crippen molar-refractivity contribution in [1.82, 2.24) is 25.1 Å². The Morgan fingerprint density at radius 3 is 2.26 bits per heavy atom. The first kappa shape index (κ1) is 32.7. The van der Waals surface area contributed by atoms with Gasteiger partial charge in [-0.2, -0.15) is 0 Å². The summed E-state index contributed by atoms with van der Waals surface area (Å²) in [6.07, 6.45) is 2.26. The summed E-state index contributed by atoms with van der Waals surface area (Å²) in [5, 5.41) is 9.31. The molecule has 2 amide bonds. The molecule has 2 aliphatic rings. The second-order valence-corrected chi connectivity index (χ2v) is 13.0. The van der Waals surface area contributed by atoms with E-state index in [0.29, 0.717) is 41.5 Å². The SMILES string of the molecule is CC(C)CN(C1CCN(C(=O)[C@@H](Cc2ccc(Cl)cc2)NC(=O)CC(N)c2cccc(Cl)c2)CC1)N1CCN(C)CC1. The second kappa shape index (κ2) is 15.5. The molecule has 230 valence electrons. The van der Waals surface area contributed by atoms with E-state index >= 15 is 0 Å². The lowest BCUT2D eigenvalue weighted by Crippen LogP contribution is -2.60. The molecule has 2 aromatic carbocycles. The van der Waals surface area contributed by atoms with Crippen LogP contribution >= 0.6 is 23.2 Å². The monoisotopic (exact) mass is 616 g/mol. The minimum Gasteiger partial charge on any atom is -0.344 e. The molecule has 0 aromatic heterocycles. The van der Waals surface area contributed by atoms with E-state index in [0.717, 1.165) is 56.7 Å². The molecule has 2 saturated heterocycles. The highest BCUT2D eigenvalue weighted by Gasteiger charge is 2.34. The van der Waals surface area contributed by atoms with E-state index in [4.69, 9.17) is 28.9 Å². The van der Waals surface area contributed by atoms with Crippen molar-refractivity contribution in [2.75, 3.05) is 52.9 Å². The van der Waals surface area contributed by atoms with Crippen molar-refractivity contribution >= 4 is 35.0 Å². The fourth-order valence-corrected chi connectivity index (χ4v) is 6.22. The predicted molar refractivity (Wildman–Crippen MR) is 170 cm³/mol. The summed E-state index contributed by atoms with van der Waals surface area (Å²) in [5.74, 6) is 0.243. The summed E-state index contributed by atoms with van der Waals surface area (Å²) in [7, 11) is 2.18. The zero-order chi connectivity index (χ0) is 30.2. The Hall–Kier alpha value is -2.20. The lowest BCUT2D eigenvalue weighted by atomic mass is 9.99. The smallest absolute Gasteiger partial charge is 0.245 e. The largest absolute Gasteiger partial charge is 0.344 e. The highest BCUT2D eigenvalue weighted by molar-refractivity contribution is 6.30. The molecule has 10 heteroatoms. The Bertz CT molecular complexity index is 1160. The van der Waals surface area contributed by atoms with E-state index in [1.807, 2.05) is 41.3 Å². The first-order valence-electron chi connectivity index (χ1n) is 15.1. The number of rotatable bonds is 11. The van der Waals surface area contributed by atoms with E-state index in [-0.39, 0.29) is 18.2 Å². The number of hydrogen-bond acceptors (Lipinski definition) is 6. The minimum absolute atomic E-state index is 0.0527. The number of halogens is 2. The van der Waals surface area contributed by atoms with Crippen molar-refractivity contribution in [1.29, 1.82) is 0 Å². The average Bonchev–Trinajstić information content (AvgIpc) is 2.97. The molecular weight excluding hydrogens is 571 g/mol. The van der Waals surface area contributed by atoms with Crippen molar-refractivity contribution in [3.05, 3.63) is 69.7 Å². The lowest BCUT2D eigenvalue weighted by molar-refractivity contribution is -0.140. The van der Waals surface area contributed by atoms with Gasteiger partial charge in [-0.3, -0.25) is 9.59 Å². The Balaban J connectivity index is 1.41. The Kier molecular flexibility index (Phi) is 12.1. The fourth-order valence-electron chi connectivity index (χ4n) is 5.89. The summed E-state index contributed by atoms with van der Waals surface area (Å²) in [4.78, 5) is 31.4. The quantitative estimate of drug-likeness (QED) is 0.393. The van der Waals surface area contributed by atoms with Crippen molar-refractivity contribution in [2.24, 2.45) is 11.7 Å². The fraction of sp³-hybridized carbons (Fsp3) is 0.562. The van der Waals surface area contributed by atoms with Crippen LogP contribution in [0.5, 0.6) is 0 Å². The molecule has 8 nitrogen and oxygen atoms in total. The summed E-state index contributed by atoms with van der Waals surface area (Å²) in [6.45, 7) is 11.1. The van der Waals surface area contributed by atoms with Gasteiger partial charge in [-0.15, -0.1) is 0 Å². The molecule has 2 fully saturated rings. The Morgan fingerprint density at radius 2 is 1.64 bits per heavy atom. The molecular formula is C32H46Cl2N6O2.